The quantitative estimate of drug-likeness (QED) is 0.294. The van der Waals surface area contributed by atoms with E-state index in [4.69, 9.17) is 23.2 Å². The molecule has 0 aliphatic carbocycles. The summed E-state index contributed by atoms with van der Waals surface area (Å²) >= 11 is 14.0. The van der Waals surface area contributed by atoms with Gasteiger partial charge < -0.3 is 5.32 Å². The maximum absolute atomic E-state index is 13.2. The fourth-order valence-corrected chi connectivity index (χ4v) is 4.61. The van der Waals surface area contributed by atoms with E-state index in [-0.39, 0.29) is 11.7 Å². The third kappa shape index (κ3) is 5.55. The second kappa shape index (κ2) is 10.4. The maximum Gasteiger partial charge on any atom is 0.251 e. The van der Waals surface area contributed by atoms with Gasteiger partial charge in [0, 0.05) is 16.3 Å². The number of carbonyl (C=O) groups excluding carboxylic acids is 1. The average Bonchev–Trinajstić information content (AvgIpc) is 3.23. The van der Waals surface area contributed by atoms with Gasteiger partial charge in [-0.1, -0.05) is 65.3 Å². The molecule has 0 spiro atoms. The normalized spacial score (nSPS) is 11.9. The summed E-state index contributed by atoms with van der Waals surface area (Å²) < 4.78 is 15.0. The first kappa shape index (κ1) is 23.3. The summed E-state index contributed by atoms with van der Waals surface area (Å²) in [6.07, 6.45) is 0. The van der Waals surface area contributed by atoms with Gasteiger partial charge >= 0.3 is 0 Å². The van der Waals surface area contributed by atoms with Crippen LogP contribution in [0.3, 0.4) is 0 Å². The Morgan fingerprint density at radius 3 is 2.48 bits per heavy atom. The summed E-state index contributed by atoms with van der Waals surface area (Å²) in [4.78, 5) is 12.7. The first-order valence-corrected chi connectivity index (χ1v) is 11.8. The van der Waals surface area contributed by atoms with Gasteiger partial charge in [-0.05, 0) is 55.0 Å². The summed E-state index contributed by atoms with van der Waals surface area (Å²) in [6, 6.07) is 19.9. The fourth-order valence-electron chi connectivity index (χ4n) is 3.21. The highest BCUT2D eigenvalue weighted by Crippen LogP contribution is 2.32. The first-order valence-electron chi connectivity index (χ1n) is 10.1. The molecule has 0 saturated carbocycles. The smallest absolute Gasteiger partial charge is 0.251 e. The van der Waals surface area contributed by atoms with Crippen LogP contribution in [0.4, 0.5) is 4.39 Å². The van der Waals surface area contributed by atoms with Crippen LogP contribution in [0.15, 0.2) is 78.0 Å². The summed E-state index contributed by atoms with van der Waals surface area (Å²) in [7, 11) is 0. The number of nitrogens with zero attached hydrogens (tertiary/aromatic N) is 3. The van der Waals surface area contributed by atoms with Gasteiger partial charge in [0.15, 0.2) is 11.0 Å². The van der Waals surface area contributed by atoms with Crippen molar-refractivity contribution in [3.63, 3.8) is 0 Å². The zero-order valence-electron chi connectivity index (χ0n) is 17.5. The van der Waals surface area contributed by atoms with Gasteiger partial charge in [-0.25, -0.2) is 4.39 Å². The molecule has 0 bridgehead atoms. The predicted molar refractivity (Wildman–Crippen MR) is 130 cm³/mol. The molecule has 4 rings (SSSR count). The number of nitrogens with one attached hydrogen (secondary N) is 1. The number of hydrogen-bond donors (Lipinski definition) is 1. The van der Waals surface area contributed by atoms with Crippen molar-refractivity contribution >= 4 is 40.9 Å². The van der Waals surface area contributed by atoms with Gasteiger partial charge in [0.1, 0.15) is 5.82 Å². The molecule has 1 heterocycles. The van der Waals surface area contributed by atoms with Crippen molar-refractivity contribution in [2.75, 3.05) is 0 Å². The molecule has 1 atom stereocenters. The summed E-state index contributed by atoms with van der Waals surface area (Å²) in [5.74, 6) is 0.560. The van der Waals surface area contributed by atoms with E-state index < -0.39 is 6.04 Å². The van der Waals surface area contributed by atoms with Crippen molar-refractivity contribution in [2.24, 2.45) is 0 Å². The minimum Gasteiger partial charge on any atom is -0.342 e. The third-order valence-corrected chi connectivity index (χ3v) is 6.40. The zero-order valence-corrected chi connectivity index (χ0v) is 19.8. The molecular formula is C24H19Cl2FN4OS. The van der Waals surface area contributed by atoms with Crippen molar-refractivity contribution in [1.29, 1.82) is 0 Å². The van der Waals surface area contributed by atoms with Gasteiger partial charge in [0.2, 0.25) is 0 Å². The molecule has 1 aromatic heterocycles. The van der Waals surface area contributed by atoms with Crippen molar-refractivity contribution in [2.45, 2.75) is 23.9 Å². The van der Waals surface area contributed by atoms with Gasteiger partial charge in [-0.3, -0.25) is 9.36 Å². The van der Waals surface area contributed by atoms with Crippen molar-refractivity contribution in [3.05, 3.63) is 106 Å². The lowest BCUT2D eigenvalue weighted by molar-refractivity contribution is 0.0938. The fraction of sp³-hybridized carbons (Fsp3) is 0.125. The van der Waals surface area contributed by atoms with Crippen molar-refractivity contribution < 1.29 is 9.18 Å². The molecule has 1 N–H and O–H groups in total. The monoisotopic (exact) mass is 500 g/mol. The minimum atomic E-state index is -0.461. The van der Waals surface area contributed by atoms with E-state index in [1.165, 1.54) is 23.9 Å². The zero-order chi connectivity index (χ0) is 23.4. The number of carbonyl (C=O) groups is 1. The number of benzene rings is 3. The number of aromatic nitrogens is 3. The lowest BCUT2D eigenvalue weighted by atomic mass is 10.2. The van der Waals surface area contributed by atoms with Crippen LogP contribution in [-0.2, 0) is 5.75 Å². The molecular weight excluding hydrogens is 482 g/mol. The molecule has 1 amide bonds. The first-order chi connectivity index (χ1) is 15.9. The predicted octanol–water partition coefficient (Wildman–Crippen LogP) is 6.50. The van der Waals surface area contributed by atoms with E-state index in [2.05, 4.69) is 15.5 Å². The molecule has 0 aliphatic rings. The lowest BCUT2D eigenvalue weighted by Gasteiger charge is -2.17. The number of hydrogen-bond acceptors (Lipinski definition) is 4. The SMILES string of the molecule is CC(NC(=O)c1ccccc1)c1nnc(SCc2ccc(F)cc2)n1-c1ccc(Cl)cc1Cl. The Bertz CT molecular complexity index is 1270. The Balaban J connectivity index is 1.66. The molecule has 4 aromatic rings. The largest absolute Gasteiger partial charge is 0.342 e. The van der Waals surface area contributed by atoms with Crippen LogP contribution in [0.1, 0.15) is 34.7 Å². The van der Waals surface area contributed by atoms with Crippen LogP contribution in [-0.4, -0.2) is 20.7 Å². The van der Waals surface area contributed by atoms with E-state index in [1.807, 2.05) is 17.6 Å². The van der Waals surface area contributed by atoms with Crippen LogP contribution in [0.5, 0.6) is 0 Å². The second-order valence-electron chi connectivity index (χ2n) is 7.25. The highest BCUT2D eigenvalue weighted by Gasteiger charge is 2.23. The standard InChI is InChI=1S/C24H19Cl2FN4OS/c1-15(28-23(32)17-5-3-2-4-6-17)22-29-30-24(33-14-16-7-10-19(27)11-8-16)31(22)21-12-9-18(25)13-20(21)26/h2-13,15H,14H2,1H3,(H,28,32). The van der Waals surface area contributed by atoms with Crippen molar-refractivity contribution in [1.82, 2.24) is 20.1 Å². The summed E-state index contributed by atoms with van der Waals surface area (Å²) in [5, 5.41) is 13.2. The van der Waals surface area contributed by atoms with E-state index >= 15 is 0 Å². The molecule has 33 heavy (non-hydrogen) atoms. The van der Waals surface area contributed by atoms with E-state index in [0.717, 1.165) is 5.56 Å². The number of rotatable bonds is 7. The van der Waals surface area contributed by atoms with Crippen molar-refractivity contribution in [3.8, 4) is 5.69 Å². The van der Waals surface area contributed by atoms with Crippen LogP contribution in [0.25, 0.3) is 5.69 Å². The van der Waals surface area contributed by atoms with Crippen LogP contribution in [0, 0.1) is 5.82 Å². The second-order valence-corrected chi connectivity index (χ2v) is 9.03. The Hall–Kier alpha value is -2.87. The van der Waals surface area contributed by atoms with Crippen LogP contribution < -0.4 is 5.32 Å². The van der Waals surface area contributed by atoms with Gasteiger partial charge in [-0.2, -0.15) is 0 Å². The molecule has 0 radical (unpaired) electrons. The van der Waals surface area contributed by atoms with E-state index in [0.29, 0.717) is 38.0 Å². The van der Waals surface area contributed by atoms with E-state index in [1.54, 1.807) is 54.6 Å². The Kier molecular flexibility index (Phi) is 7.33. The number of halogens is 3. The van der Waals surface area contributed by atoms with Crippen LogP contribution >= 0.6 is 35.0 Å². The Labute approximate surface area is 204 Å². The lowest BCUT2D eigenvalue weighted by Crippen LogP contribution is -2.28. The van der Waals surface area contributed by atoms with E-state index in [9.17, 15) is 9.18 Å². The molecule has 9 heteroatoms. The molecule has 1 unspecified atom stereocenters. The highest BCUT2D eigenvalue weighted by molar-refractivity contribution is 7.98. The van der Waals surface area contributed by atoms with Gasteiger partial charge in [0.05, 0.1) is 16.8 Å². The number of amides is 1. The molecule has 5 nitrogen and oxygen atoms in total. The summed E-state index contributed by atoms with van der Waals surface area (Å²) in [6.45, 7) is 1.83. The maximum atomic E-state index is 13.2. The highest BCUT2D eigenvalue weighted by atomic mass is 35.5. The topological polar surface area (TPSA) is 59.8 Å². The molecule has 168 valence electrons. The average molecular weight is 501 g/mol. The van der Waals surface area contributed by atoms with Gasteiger partial charge in [0.25, 0.3) is 5.91 Å². The van der Waals surface area contributed by atoms with Crippen LogP contribution in [0.2, 0.25) is 10.0 Å². The Morgan fingerprint density at radius 2 is 1.79 bits per heavy atom. The summed E-state index contributed by atoms with van der Waals surface area (Å²) in [5.41, 5.74) is 2.12. The molecule has 0 aliphatic heterocycles. The minimum absolute atomic E-state index is 0.222. The van der Waals surface area contributed by atoms with Gasteiger partial charge in [-0.15, -0.1) is 10.2 Å². The molecule has 0 fully saturated rings. The molecule has 0 saturated heterocycles. The molecule has 3 aromatic carbocycles. The number of thioether (sulfide) groups is 1. The third-order valence-electron chi connectivity index (χ3n) is 4.86. The Morgan fingerprint density at radius 1 is 1.06 bits per heavy atom.